The first-order valence-electron chi connectivity index (χ1n) is 11.0. The van der Waals surface area contributed by atoms with Crippen LogP contribution in [0.3, 0.4) is 0 Å². The number of halogens is 3. The molecule has 0 aromatic heterocycles. The van der Waals surface area contributed by atoms with Crippen molar-refractivity contribution in [3.05, 3.63) is 99.9 Å². The monoisotopic (exact) mass is 462 g/mol. The van der Waals surface area contributed by atoms with Gasteiger partial charge >= 0.3 is 0 Å². The van der Waals surface area contributed by atoms with Crippen molar-refractivity contribution in [3.63, 3.8) is 0 Å². The second-order valence-electron chi connectivity index (χ2n) is 7.67. The number of hydrogen-bond acceptors (Lipinski definition) is 1. The highest BCUT2D eigenvalue weighted by Crippen LogP contribution is 2.18. The minimum Gasteiger partial charge on any atom is -0.206 e. The molecular weight excluding hydrogens is 437 g/mol. The van der Waals surface area contributed by atoms with Gasteiger partial charge in [0.05, 0.1) is 11.1 Å². The number of rotatable bonds is 6. The molecule has 0 bridgehead atoms. The van der Waals surface area contributed by atoms with E-state index in [2.05, 4.69) is 30.6 Å². The Morgan fingerprint density at radius 3 is 2.00 bits per heavy atom. The zero-order valence-corrected chi connectivity index (χ0v) is 19.6. The van der Waals surface area contributed by atoms with E-state index in [0.29, 0.717) is 17.5 Å². The molecule has 0 aliphatic carbocycles. The molecule has 0 N–H and O–H groups in total. The van der Waals surface area contributed by atoms with Crippen LogP contribution in [0.4, 0.5) is 13.2 Å². The van der Waals surface area contributed by atoms with Crippen LogP contribution in [0.1, 0.15) is 60.4 Å². The van der Waals surface area contributed by atoms with Crippen LogP contribution in [0, 0.1) is 41.1 Å². The number of aryl methyl sites for hydroxylation is 1. The lowest BCUT2D eigenvalue weighted by Crippen LogP contribution is -1.95. The van der Waals surface area contributed by atoms with Gasteiger partial charge in [0.2, 0.25) is 0 Å². The average molecular weight is 463 g/mol. The van der Waals surface area contributed by atoms with Crippen LogP contribution in [0.2, 0.25) is 0 Å². The summed E-state index contributed by atoms with van der Waals surface area (Å²) < 4.78 is 43.3. The lowest BCUT2D eigenvalue weighted by atomic mass is 10.0. The Bertz CT molecular complexity index is 1200. The molecule has 3 aromatic carbocycles. The number of benzene rings is 3. The summed E-state index contributed by atoms with van der Waals surface area (Å²) in [7, 11) is 0. The fraction of sp³-hybridized carbons (Fsp3) is 0.241. The molecule has 3 rings (SSSR count). The van der Waals surface area contributed by atoms with Crippen LogP contribution in [0.25, 0.3) is 0 Å². The fourth-order valence-corrected chi connectivity index (χ4v) is 3.70. The van der Waals surface area contributed by atoms with Crippen molar-refractivity contribution < 1.29 is 13.2 Å². The van der Waals surface area contributed by atoms with Crippen molar-refractivity contribution in [2.24, 2.45) is 0 Å². The van der Waals surface area contributed by atoms with Gasteiger partial charge in [0.25, 0.3) is 0 Å². The van der Waals surface area contributed by atoms with Crippen LogP contribution in [-0.4, -0.2) is 6.26 Å². The Labute approximate surface area is 198 Å². The molecule has 0 heterocycles. The Morgan fingerprint density at radius 2 is 1.36 bits per heavy atom. The molecule has 0 aliphatic rings. The number of thioether (sulfide) groups is 1. The molecule has 0 atom stereocenters. The van der Waals surface area contributed by atoms with Crippen molar-refractivity contribution in [1.29, 1.82) is 0 Å². The maximum Gasteiger partial charge on any atom is 0.142 e. The molecular formula is C29H25F3S. The smallest absolute Gasteiger partial charge is 0.142 e. The third-order valence-electron chi connectivity index (χ3n) is 5.15. The first-order chi connectivity index (χ1) is 16.0. The van der Waals surface area contributed by atoms with E-state index in [1.54, 1.807) is 17.8 Å². The largest absolute Gasteiger partial charge is 0.206 e. The summed E-state index contributed by atoms with van der Waals surface area (Å²) >= 11 is 1.64. The molecule has 3 aromatic rings. The van der Waals surface area contributed by atoms with Gasteiger partial charge in [0, 0.05) is 16.0 Å². The Balaban J connectivity index is 1.73. The molecule has 4 heteroatoms. The van der Waals surface area contributed by atoms with Gasteiger partial charge in [0.15, 0.2) is 0 Å². The van der Waals surface area contributed by atoms with E-state index < -0.39 is 17.5 Å². The predicted molar refractivity (Wildman–Crippen MR) is 131 cm³/mol. The molecule has 0 spiro atoms. The maximum absolute atomic E-state index is 14.5. The molecule has 0 saturated heterocycles. The van der Waals surface area contributed by atoms with Crippen molar-refractivity contribution >= 4 is 11.8 Å². The highest BCUT2D eigenvalue weighted by molar-refractivity contribution is 7.98. The molecule has 0 unspecified atom stereocenters. The van der Waals surface area contributed by atoms with Gasteiger partial charge in [-0.05, 0) is 79.3 Å². The van der Waals surface area contributed by atoms with E-state index in [1.807, 2.05) is 30.5 Å². The summed E-state index contributed by atoms with van der Waals surface area (Å²) in [5, 5.41) is 0. The second kappa shape index (κ2) is 12.2. The van der Waals surface area contributed by atoms with E-state index in [-0.39, 0.29) is 11.1 Å². The highest BCUT2D eigenvalue weighted by atomic mass is 32.2. The maximum atomic E-state index is 14.5. The summed E-state index contributed by atoms with van der Waals surface area (Å²) in [6.45, 7) is 2.12. The molecule has 0 amide bonds. The van der Waals surface area contributed by atoms with Gasteiger partial charge in [0.1, 0.15) is 17.5 Å². The summed E-state index contributed by atoms with van der Waals surface area (Å²) in [5.74, 6) is 9.01. The third-order valence-corrected chi connectivity index (χ3v) is 5.90. The van der Waals surface area contributed by atoms with Gasteiger partial charge in [-0.2, -0.15) is 0 Å². The van der Waals surface area contributed by atoms with Crippen LogP contribution in [0.15, 0.2) is 59.5 Å². The Kier molecular flexibility index (Phi) is 9.11. The van der Waals surface area contributed by atoms with Crippen LogP contribution in [0.5, 0.6) is 0 Å². The topological polar surface area (TPSA) is 0 Å². The molecule has 0 radical (unpaired) electrons. The van der Waals surface area contributed by atoms with Gasteiger partial charge < -0.3 is 0 Å². The summed E-state index contributed by atoms with van der Waals surface area (Å²) in [4.78, 5) is 1.13. The first kappa shape index (κ1) is 24.6. The van der Waals surface area contributed by atoms with E-state index in [0.717, 1.165) is 36.1 Å². The lowest BCUT2D eigenvalue weighted by molar-refractivity contribution is 0.571. The lowest BCUT2D eigenvalue weighted by Gasteiger charge is -2.04. The van der Waals surface area contributed by atoms with E-state index >= 15 is 0 Å². The quantitative estimate of drug-likeness (QED) is 0.205. The van der Waals surface area contributed by atoms with Crippen molar-refractivity contribution in [1.82, 2.24) is 0 Å². The Hall–Kier alpha value is -3.08. The number of unbranched alkanes of at least 4 members (excludes halogenated alkanes) is 3. The van der Waals surface area contributed by atoms with E-state index in [1.165, 1.54) is 24.3 Å². The van der Waals surface area contributed by atoms with Crippen molar-refractivity contribution in [2.75, 3.05) is 6.26 Å². The van der Waals surface area contributed by atoms with Crippen molar-refractivity contribution in [3.8, 4) is 23.7 Å². The summed E-state index contributed by atoms with van der Waals surface area (Å²) in [6, 6.07) is 14.7. The SMILES string of the molecule is CCCCCCc1cc(F)c(C#Cc2ccc(C#Cc3ccc(SC)cc3)c(F)c2)c(F)c1. The molecule has 0 nitrogen and oxygen atoms in total. The first-order valence-corrected chi connectivity index (χ1v) is 12.2. The van der Waals surface area contributed by atoms with Crippen molar-refractivity contribution in [2.45, 2.75) is 43.9 Å². The van der Waals surface area contributed by atoms with E-state index in [4.69, 9.17) is 0 Å². The van der Waals surface area contributed by atoms with Gasteiger partial charge in [-0.3, -0.25) is 0 Å². The zero-order chi connectivity index (χ0) is 23.6. The van der Waals surface area contributed by atoms with Crippen LogP contribution in [-0.2, 0) is 6.42 Å². The number of hydrogen-bond donors (Lipinski definition) is 0. The molecule has 0 aliphatic heterocycles. The van der Waals surface area contributed by atoms with E-state index in [9.17, 15) is 13.2 Å². The third kappa shape index (κ3) is 7.21. The molecule has 168 valence electrons. The van der Waals surface area contributed by atoms with Gasteiger partial charge in [-0.25, -0.2) is 13.2 Å². The van der Waals surface area contributed by atoms with Gasteiger partial charge in [-0.15, -0.1) is 11.8 Å². The minimum atomic E-state index is -0.691. The zero-order valence-electron chi connectivity index (χ0n) is 18.8. The standard InChI is InChI=1S/C29H25F3S/c1-3-4-5-6-7-23-19-28(31)26(29(32)20-23)17-12-22-9-14-24(27(30)18-22)13-8-21-10-15-25(33-2)16-11-21/h9-11,14-16,18-20H,3-7H2,1-2H3. The Morgan fingerprint density at radius 1 is 0.697 bits per heavy atom. The second-order valence-corrected chi connectivity index (χ2v) is 8.55. The minimum absolute atomic E-state index is 0.235. The molecule has 0 saturated carbocycles. The van der Waals surface area contributed by atoms with Crippen LogP contribution >= 0.6 is 11.8 Å². The summed E-state index contributed by atoms with van der Waals surface area (Å²) in [5.41, 5.74) is 1.67. The predicted octanol–water partition coefficient (Wildman–Crippen LogP) is 7.75. The molecule has 0 fully saturated rings. The average Bonchev–Trinajstić information content (AvgIpc) is 2.81. The summed E-state index contributed by atoms with van der Waals surface area (Å²) in [6.07, 6.45) is 6.79. The molecule has 33 heavy (non-hydrogen) atoms. The van der Waals surface area contributed by atoms with Gasteiger partial charge in [-0.1, -0.05) is 49.9 Å². The highest BCUT2D eigenvalue weighted by Gasteiger charge is 2.09. The normalized spacial score (nSPS) is 10.2. The van der Waals surface area contributed by atoms with Crippen LogP contribution < -0.4 is 0 Å². The fourth-order valence-electron chi connectivity index (χ4n) is 3.29.